The van der Waals surface area contributed by atoms with Gasteiger partial charge in [-0.3, -0.25) is 0 Å². The SMILES string of the molecule is CCC1CN(c2ccc(CNCC(C)C)c(C)n2)CCO1. The van der Waals surface area contributed by atoms with E-state index in [1.54, 1.807) is 0 Å². The molecule has 0 saturated carbocycles. The van der Waals surface area contributed by atoms with Crippen LogP contribution in [0.3, 0.4) is 0 Å². The molecule has 21 heavy (non-hydrogen) atoms. The molecule has 4 nitrogen and oxygen atoms in total. The van der Waals surface area contributed by atoms with E-state index in [1.807, 2.05) is 0 Å². The van der Waals surface area contributed by atoms with Crippen LogP contribution in [0.15, 0.2) is 12.1 Å². The average molecular weight is 291 g/mol. The predicted octanol–water partition coefficient (Wildman–Crippen LogP) is 2.75. The van der Waals surface area contributed by atoms with Crippen molar-refractivity contribution < 1.29 is 4.74 Å². The third kappa shape index (κ3) is 4.68. The maximum absolute atomic E-state index is 5.73. The molecule has 1 N–H and O–H groups in total. The van der Waals surface area contributed by atoms with Crippen LogP contribution >= 0.6 is 0 Å². The fraction of sp³-hybridized carbons (Fsp3) is 0.706. The Morgan fingerprint density at radius 2 is 2.24 bits per heavy atom. The summed E-state index contributed by atoms with van der Waals surface area (Å²) in [6.45, 7) is 13.4. The molecule has 1 saturated heterocycles. The molecule has 118 valence electrons. The van der Waals surface area contributed by atoms with E-state index in [2.05, 4.69) is 50.0 Å². The Bertz CT molecular complexity index is 448. The van der Waals surface area contributed by atoms with Crippen LogP contribution in [-0.4, -0.2) is 37.3 Å². The fourth-order valence-electron chi connectivity index (χ4n) is 2.61. The minimum atomic E-state index is 0.341. The van der Waals surface area contributed by atoms with Gasteiger partial charge in [-0.1, -0.05) is 26.8 Å². The van der Waals surface area contributed by atoms with E-state index in [-0.39, 0.29) is 0 Å². The van der Waals surface area contributed by atoms with Crippen LogP contribution < -0.4 is 10.2 Å². The Kier molecular flexibility index (Phi) is 6.00. The number of nitrogens with one attached hydrogen (secondary N) is 1. The van der Waals surface area contributed by atoms with Gasteiger partial charge in [0, 0.05) is 25.3 Å². The smallest absolute Gasteiger partial charge is 0.128 e. The summed E-state index contributed by atoms with van der Waals surface area (Å²) in [5.41, 5.74) is 2.42. The van der Waals surface area contributed by atoms with Crippen LogP contribution in [0.5, 0.6) is 0 Å². The zero-order valence-corrected chi connectivity index (χ0v) is 13.9. The number of aryl methyl sites for hydroxylation is 1. The van der Waals surface area contributed by atoms with E-state index in [1.165, 1.54) is 5.56 Å². The van der Waals surface area contributed by atoms with E-state index in [0.717, 1.165) is 50.7 Å². The molecular weight excluding hydrogens is 262 g/mol. The van der Waals surface area contributed by atoms with Gasteiger partial charge in [-0.05, 0) is 37.4 Å². The summed E-state index contributed by atoms with van der Waals surface area (Å²) < 4.78 is 5.73. The first kappa shape index (κ1) is 16.2. The Labute approximate surface area is 128 Å². The first-order chi connectivity index (χ1) is 10.1. The maximum atomic E-state index is 5.73. The monoisotopic (exact) mass is 291 g/mol. The molecule has 0 spiro atoms. The van der Waals surface area contributed by atoms with Crippen molar-refractivity contribution in [3.63, 3.8) is 0 Å². The van der Waals surface area contributed by atoms with Gasteiger partial charge in [-0.2, -0.15) is 0 Å². The van der Waals surface area contributed by atoms with Crippen molar-refractivity contribution in [1.29, 1.82) is 0 Å². The van der Waals surface area contributed by atoms with Crippen LogP contribution in [0.1, 0.15) is 38.4 Å². The Hall–Kier alpha value is -1.13. The lowest BCUT2D eigenvalue weighted by atomic mass is 10.1. The van der Waals surface area contributed by atoms with Crippen LogP contribution in [0, 0.1) is 12.8 Å². The normalized spacial score (nSPS) is 19.3. The van der Waals surface area contributed by atoms with E-state index in [4.69, 9.17) is 9.72 Å². The second-order valence-electron chi connectivity index (χ2n) is 6.29. The highest BCUT2D eigenvalue weighted by molar-refractivity contribution is 5.42. The lowest BCUT2D eigenvalue weighted by Crippen LogP contribution is -2.42. The number of aromatic nitrogens is 1. The van der Waals surface area contributed by atoms with Crippen molar-refractivity contribution in [2.45, 2.75) is 46.8 Å². The molecule has 2 rings (SSSR count). The molecule has 1 aromatic heterocycles. The first-order valence-corrected chi connectivity index (χ1v) is 8.14. The van der Waals surface area contributed by atoms with Crippen molar-refractivity contribution in [2.75, 3.05) is 31.1 Å². The minimum Gasteiger partial charge on any atom is -0.375 e. The molecule has 0 aromatic carbocycles. The molecule has 1 aliphatic heterocycles. The summed E-state index contributed by atoms with van der Waals surface area (Å²) >= 11 is 0. The minimum absolute atomic E-state index is 0.341. The second kappa shape index (κ2) is 7.76. The van der Waals surface area contributed by atoms with E-state index < -0.39 is 0 Å². The van der Waals surface area contributed by atoms with Crippen LogP contribution in [-0.2, 0) is 11.3 Å². The summed E-state index contributed by atoms with van der Waals surface area (Å²) in [4.78, 5) is 7.14. The Morgan fingerprint density at radius 1 is 1.43 bits per heavy atom. The predicted molar refractivity (Wildman–Crippen MR) is 87.8 cm³/mol. The summed E-state index contributed by atoms with van der Waals surface area (Å²) in [7, 11) is 0. The summed E-state index contributed by atoms with van der Waals surface area (Å²) in [6, 6.07) is 4.36. The quantitative estimate of drug-likeness (QED) is 0.874. The van der Waals surface area contributed by atoms with Crippen molar-refractivity contribution in [2.24, 2.45) is 5.92 Å². The molecule has 1 atom stereocenters. The second-order valence-corrected chi connectivity index (χ2v) is 6.29. The number of pyridine rings is 1. The van der Waals surface area contributed by atoms with Crippen LogP contribution in [0.4, 0.5) is 5.82 Å². The first-order valence-electron chi connectivity index (χ1n) is 8.14. The maximum Gasteiger partial charge on any atom is 0.128 e. The third-order valence-corrected chi connectivity index (χ3v) is 3.97. The molecule has 1 unspecified atom stereocenters. The number of nitrogens with zero attached hydrogens (tertiary/aromatic N) is 2. The van der Waals surface area contributed by atoms with Crippen molar-refractivity contribution in [1.82, 2.24) is 10.3 Å². The number of rotatable bonds is 6. The van der Waals surface area contributed by atoms with Gasteiger partial charge in [0.1, 0.15) is 5.82 Å². The van der Waals surface area contributed by atoms with E-state index >= 15 is 0 Å². The lowest BCUT2D eigenvalue weighted by molar-refractivity contribution is 0.0381. The molecule has 0 aliphatic carbocycles. The molecule has 0 bridgehead atoms. The number of hydrogen-bond donors (Lipinski definition) is 1. The molecule has 0 amide bonds. The average Bonchev–Trinajstić information content (AvgIpc) is 2.48. The molecule has 1 aliphatic rings. The number of hydrogen-bond acceptors (Lipinski definition) is 4. The summed E-state index contributed by atoms with van der Waals surface area (Å²) in [5, 5.41) is 3.48. The van der Waals surface area contributed by atoms with Gasteiger partial charge in [-0.25, -0.2) is 4.98 Å². The van der Waals surface area contributed by atoms with Crippen molar-refractivity contribution in [3.8, 4) is 0 Å². The zero-order chi connectivity index (χ0) is 15.2. The van der Waals surface area contributed by atoms with Gasteiger partial charge in [0.2, 0.25) is 0 Å². The summed E-state index contributed by atoms with van der Waals surface area (Å²) in [6.07, 6.45) is 1.40. The third-order valence-electron chi connectivity index (χ3n) is 3.97. The fourth-order valence-corrected chi connectivity index (χ4v) is 2.61. The molecule has 0 radical (unpaired) electrons. The highest BCUT2D eigenvalue weighted by Gasteiger charge is 2.20. The molecule has 2 heterocycles. The number of anilines is 1. The molecule has 1 aromatic rings. The van der Waals surface area contributed by atoms with Gasteiger partial charge < -0.3 is 15.0 Å². The summed E-state index contributed by atoms with van der Waals surface area (Å²) in [5.74, 6) is 1.76. The van der Waals surface area contributed by atoms with E-state index in [9.17, 15) is 0 Å². The van der Waals surface area contributed by atoms with Crippen molar-refractivity contribution >= 4 is 5.82 Å². The molecular formula is C17H29N3O. The topological polar surface area (TPSA) is 37.4 Å². The Balaban J connectivity index is 1.97. The zero-order valence-electron chi connectivity index (χ0n) is 13.9. The molecule has 4 heteroatoms. The number of morpholine rings is 1. The van der Waals surface area contributed by atoms with Gasteiger partial charge in [-0.15, -0.1) is 0 Å². The van der Waals surface area contributed by atoms with Gasteiger partial charge in [0.05, 0.1) is 12.7 Å². The van der Waals surface area contributed by atoms with E-state index in [0.29, 0.717) is 12.0 Å². The number of ether oxygens (including phenoxy) is 1. The van der Waals surface area contributed by atoms with Crippen molar-refractivity contribution in [3.05, 3.63) is 23.4 Å². The highest BCUT2D eigenvalue weighted by atomic mass is 16.5. The van der Waals surface area contributed by atoms with Gasteiger partial charge >= 0.3 is 0 Å². The van der Waals surface area contributed by atoms with Gasteiger partial charge in [0.15, 0.2) is 0 Å². The van der Waals surface area contributed by atoms with Crippen LogP contribution in [0.25, 0.3) is 0 Å². The Morgan fingerprint density at radius 3 is 2.90 bits per heavy atom. The standard InChI is InChI=1S/C17H29N3O/c1-5-16-12-20(8-9-21-16)17-7-6-15(14(4)19-17)11-18-10-13(2)3/h6-7,13,16,18H,5,8-12H2,1-4H3. The van der Waals surface area contributed by atoms with Crippen LogP contribution in [0.2, 0.25) is 0 Å². The largest absolute Gasteiger partial charge is 0.375 e. The molecule has 1 fully saturated rings. The van der Waals surface area contributed by atoms with Gasteiger partial charge in [0.25, 0.3) is 0 Å². The lowest BCUT2D eigenvalue weighted by Gasteiger charge is -2.33. The highest BCUT2D eigenvalue weighted by Crippen LogP contribution is 2.19.